The summed E-state index contributed by atoms with van der Waals surface area (Å²) in [5.74, 6) is 0.199. The number of rotatable bonds is 5. The maximum absolute atomic E-state index is 11.1. The van der Waals surface area contributed by atoms with Crippen molar-refractivity contribution >= 4 is 12.3 Å². The molecular weight excluding hydrogens is 220 g/mol. The summed E-state index contributed by atoms with van der Waals surface area (Å²) >= 11 is 0. The van der Waals surface area contributed by atoms with Crippen LogP contribution in [0.15, 0.2) is 12.1 Å². The summed E-state index contributed by atoms with van der Waals surface area (Å²) in [5, 5.41) is 0. The molecule has 0 radical (unpaired) electrons. The third-order valence-corrected chi connectivity index (χ3v) is 2.56. The lowest BCUT2D eigenvalue weighted by molar-refractivity contribution is -0.145. The Hall–Kier alpha value is -1.84. The van der Waals surface area contributed by atoms with Crippen LogP contribution in [-0.2, 0) is 9.53 Å². The molecule has 0 aromatic heterocycles. The van der Waals surface area contributed by atoms with Crippen molar-refractivity contribution in [1.82, 2.24) is 0 Å². The maximum atomic E-state index is 11.1. The summed E-state index contributed by atoms with van der Waals surface area (Å²) in [6.45, 7) is 5.66. The van der Waals surface area contributed by atoms with Gasteiger partial charge < -0.3 is 9.47 Å². The highest BCUT2D eigenvalue weighted by Crippen LogP contribution is 2.23. The minimum atomic E-state index is -0.399. The van der Waals surface area contributed by atoms with Gasteiger partial charge >= 0.3 is 5.97 Å². The van der Waals surface area contributed by atoms with Gasteiger partial charge in [0.2, 0.25) is 0 Å². The molecule has 1 rings (SSSR count). The van der Waals surface area contributed by atoms with Gasteiger partial charge in [-0.3, -0.25) is 4.79 Å². The molecule has 0 spiro atoms. The molecule has 0 bridgehead atoms. The number of carbonyl (C=O) groups is 2. The van der Waals surface area contributed by atoms with Crippen molar-refractivity contribution in [2.24, 2.45) is 0 Å². The van der Waals surface area contributed by atoms with Crippen LogP contribution in [0.5, 0.6) is 5.75 Å². The molecule has 4 nitrogen and oxygen atoms in total. The molecule has 92 valence electrons. The van der Waals surface area contributed by atoms with E-state index in [1.54, 1.807) is 19.1 Å². The first-order valence-corrected chi connectivity index (χ1v) is 5.44. The summed E-state index contributed by atoms with van der Waals surface area (Å²) in [7, 11) is 0. The largest absolute Gasteiger partial charge is 0.482 e. The van der Waals surface area contributed by atoms with Gasteiger partial charge in [0, 0.05) is 5.56 Å². The van der Waals surface area contributed by atoms with Crippen LogP contribution in [0, 0.1) is 13.8 Å². The van der Waals surface area contributed by atoms with E-state index in [1.807, 2.05) is 13.8 Å². The molecule has 17 heavy (non-hydrogen) atoms. The highest BCUT2D eigenvalue weighted by Gasteiger charge is 2.09. The van der Waals surface area contributed by atoms with Gasteiger partial charge in [-0.1, -0.05) is 0 Å². The lowest BCUT2D eigenvalue weighted by Gasteiger charge is -2.11. The second kappa shape index (κ2) is 6.03. The van der Waals surface area contributed by atoms with Gasteiger partial charge in [0.1, 0.15) is 12.0 Å². The van der Waals surface area contributed by atoms with Crippen LogP contribution in [0.1, 0.15) is 28.4 Å². The van der Waals surface area contributed by atoms with Crippen molar-refractivity contribution in [3.8, 4) is 5.75 Å². The van der Waals surface area contributed by atoms with E-state index in [0.29, 0.717) is 17.9 Å². The molecule has 0 heterocycles. The average molecular weight is 236 g/mol. The summed E-state index contributed by atoms with van der Waals surface area (Å²) in [6.07, 6.45) is 0.803. The molecule has 0 atom stereocenters. The fourth-order valence-corrected chi connectivity index (χ4v) is 1.44. The second-order valence-corrected chi connectivity index (χ2v) is 3.61. The maximum Gasteiger partial charge on any atom is 0.344 e. The van der Waals surface area contributed by atoms with Gasteiger partial charge in [0.05, 0.1) is 6.61 Å². The molecule has 0 amide bonds. The monoisotopic (exact) mass is 236 g/mol. The van der Waals surface area contributed by atoms with E-state index in [1.165, 1.54) is 0 Å². The number of hydrogen-bond acceptors (Lipinski definition) is 4. The number of hydrogen-bond donors (Lipinski definition) is 0. The van der Waals surface area contributed by atoms with Crippen LogP contribution < -0.4 is 4.74 Å². The number of esters is 1. The van der Waals surface area contributed by atoms with E-state index in [-0.39, 0.29) is 6.61 Å². The number of aldehydes is 1. The Morgan fingerprint density at radius 3 is 2.59 bits per heavy atom. The standard InChI is InChI=1S/C13H16O4/c1-4-16-13(15)8-17-12-6-5-11(7-14)9(2)10(12)3/h5-7H,4,8H2,1-3H3. The Kier molecular flexibility index (Phi) is 4.69. The van der Waals surface area contributed by atoms with Crippen molar-refractivity contribution < 1.29 is 19.1 Å². The fourth-order valence-electron chi connectivity index (χ4n) is 1.44. The van der Waals surface area contributed by atoms with Gasteiger partial charge in [-0.05, 0) is 44.0 Å². The molecule has 1 aromatic carbocycles. The van der Waals surface area contributed by atoms with Gasteiger partial charge in [-0.15, -0.1) is 0 Å². The van der Waals surface area contributed by atoms with Crippen molar-refractivity contribution in [3.63, 3.8) is 0 Å². The van der Waals surface area contributed by atoms with Gasteiger partial charge in [0.15, 0.2) is 6.61 Å². The van der Waals surface area contributed by atoms with E-state index in [0.717, 1.165) is 17.4 Å². The van der Waals surface area contributed by atoms with Crippen LogP contribution in [0.4, 0.5) is 0 Å². The average Bonchev–Trinajstić information content (AvgIpc) is 2.31. The molecule has 0 aliphatic carbocycles. The highest BCUT2D eigenvalue weighted by molar-refractivity contribution is 5.78. The Labute approximate surface area is 101 Å². The molecule has 0 aliphatic rings. The normalized spacial score (nSPS) is 9.82. The van der Waals surface area contributed by atoms with Crippen molar-refractivity contribution in [2.45, 2.75) is 20.8 Å². The first-order valence-electron chi connectivity index (χ1n) is 5.44. The predicted octanol–water partition coefficient (Wildman–Crippen LogP) is 2.06. The fraction of sp³-hybridized carbons (Fsp3) is 0.385. The zero-order valence-corrected chi connectivity index (χ0v) is 10.3. The van der Waals surface area contributed by atoms with E-state index < -0.39 is 5.97 Å². The molecule has 0 fully saturated rings. The molecular formula is C13H16O4. The Balaban J connectivity index is 2.76. The van der Waals surface area contributed by atoms with Gasteiger partial charge in [-0.2, -0.15) is 0 Å². The lowest BCUT2D eigenvalue weighted by Crippen LogP contribution is -2.15. The summed E-state index contributed by atoms with van der Waals surface area (Å²) in [6, 6.07) is 3.36. The molecule has 1 aromatic rings. The Morgan fingerprint density at radius 2 is 2.00 bits per heavy atom. The van der Waals surface area contributed by atoms with Crippen LogP contribution >= 0.6 is 0 Å². The summed E-state index contributed by atoms with van der Waals surface area (Å²) in [4.78, 5) is 21.9. The van der Waals surface area contributed by atoms with Gasteiger partial charge in [0.25, 0.3) is 0 Å². The number of ether oxygens (including phenoxy) is 2. The van der Waals surface area contributed by atoms with Gasteiger partial charge in [-0.25, -0.2) is 4.79 Å². The Morgan fingerprint density at radius 1 is 1.29 bits per heavy atom. The SMILES string of the molecule is CCOC(=O)COc1ccc(C=O)c(C)c1C. The van der Waals surface area contributed by atoms with Crippen molar-refractivity contribution in [1.29, 1.82) is 0 Å². The van der Waals surface area contributed by atoms with Crippen LogP contribution in [-0.4, -0.2) is 25.5 Å². The Bertz CT molecular complexity index is 424. The minimum absolute atomic E-state index is 0.117. The molecule has 4 heteroatoms. The van der Waals surface area contributed by atoms with Crippen LogP contribution in [0.25, 0.3) is 0 Å². The molecule has 0 aliphatic heterocycles. The molecule has 0 saturated carbocycles. The van der Waals surface area contributed by atoms with Crippen LogP contribution in [0.2, 0.25) is 0 Å². The molecule has 0 saturated heterocycles. The lowest BCUT2D eigenvalue weighted by atomic mass is 10.0. The zero-order valence-electron chi connectivity index (χ0n) is 10.3. The quantitative estimate of drug-likeness (QED) is 0.580. The summed E-state index contributed by atoms with van der Waals surface area (Å²) < 4.78 is 10.1. The molecule has 0 N–H and O–H groups in total. The topological polar surface area (TPSA) is 52.6 Å². The smallest absolute Gasteiger partial charge is 0.344 e. The first kappa shape index (κ1) is 13.2. The van der Waals surface area contributed by atoms with Crippen LogP contribution in [0.3, 0.4) is 0 Å². The van der Waals surface area contributed by atoms with Crippen molar-refractivity contribution in [3.05, 3.63) is 28.8 Å². The summed E-state index contributed by atoms with van der Waals surface area (Å²) in [5.41, 5.74) is 2.35. The van der Waals surface area contributed by atoms with E-state index in [9.17, 15) is 9.59 Å². The highest BCUT2D eigenvalue weighted by atomic mass is 16.6. The van der Waals surface area contributed by atoms with E-state index in [4.69, 9.17) is 9.47 Å². The van der Waals surface area contributed by atoms with E-state index >= 15 is 0 Å². The van der Waals surface area contributed by atoms with Crippen molar-refractivity contribution in [2.75, 3.05) is 13.2 Å². The third kappa shape index (κ3) is 3.31. The molecule has 0 unspecified atom stereocenters. The second-order valence-electron chi connectivity index (χ2n) is 3.61. The third-order valence-electron chi connectivity index (χ3n) is 2.56. The predicted molar refractivity (Wildman–Crippen MR) is 63.4 cm³/mol. The number of benzene rings is 1. The van der Waals surface area contributed by atoms with E-state index in [2.05, 4.69) is 0 Å². The number of carbonyl (C=O) groups excluding carboxylic acids is 2. The minimum Gasteiger partial charge on any atom is -0.482 e. The zero-order chi connectivity index (χ0) is 12.8. The first-order chi connectivity index (χ1) is 8.10.